The van der Waals surface area contributed by atoms with E-state index in [0.717, 1.165) is 4.90 Å². The number of nitro benzene ring substituents is 1. The van der Waals surface area contributed by atoms with Crippen molar-refractivity contribution in [2.75, 3.05) is 22.4 Å². The minimum absolute atomic E-state index is 0.103. The number of hydrogen-bond donors (Lipinski definition) is 1. The first-order valence-corrected chi connectivity index (χ1v) is 12.7. The highest BCUT2D eigenvalue weighted by Gasteiger charge is 2.24. The fourth-order valence-electron chi connectivity index (χ4n) is 3.06. The highest BCUT2D eigenvalue weighted by Crippen LogP contribution is 2.28. The number of thioether (sulfide) groups is 1. The molecule has 11 heteroatoms. The summed E-state index contributed by atoms with van der Waals surface area (Å²) in [5, 5.41) is 13.7. The van der Waals surface area contributed by atoms with Crippen molar-refractivity contribution in [1.82, 2.24) is 0 Å². The lowest BCUT2D eigenvalue weighted by Crippen LogP contribution is -2.30. The van der Waals surface area contributed by atoms with Crippen molar-refractivity contribution in [1.29, 1.82) is 0 Å². The Hall–Kier alpha value is -3.08. The number of nitrogens with zero attached hydrogens (tertiary/aromatic N) is 2. The van der Waals surface area contributed by atoms with Crippen LogP contribution < -0.4 is 9.62 Å². The zero-order valence-electron chi connectivity index (χ0n) is 17.7. The average molecular weight is 506 g/mol. The van der Waals surface area contributed by atoms with Gasteiger partial charge in [-0.15, -0.1) is 11.8 Å². The Labute approximate surface area is 200 Å². The van der Waals surface area contributed by atoms with Gasteiger partial charge in [-0.3, -0.25) is 19.2 Å². The minimum Gasteiger partial charge on any atom is -0.320 e. The summed E-state index contributed by atoms with van der Waals surface area (Å²) >= 11 is 7.55. The number of hydrogen-bond acceptors (Lipinski definition) is 6. The van der Waals surface area contributed by atoms with Crippen molar-refractivity contribution < 1.29 is 18.1 Å². The van der Waals surface area contributed by atoms with Gasteiger partial charge in [-0.2, -0.15) is 0 Å². The highest BCUT2D eigenvalue weighted by atomic mass is 35.5. The molecule has 0 unspecified atom stereocenters. The zero-order chi connectivity index (χ0) is 24.2. The molecule has 0 fully saturated rings. The minimum atomic E-state index is -3.79. The first-order valence-electron chi connectivity index (χ1n) is 9.69. The fraction of sp³-hybridized carbons (Fsp3) is 0.136. The Balaban J connectivity index is 1.82. The third-order valence-electron chi connectivity index (χ3n) is 4.76. The van der Waals surface area contributed by atoms with E-state index in [-0.39, 0.29) is 33.4 Å². The molecule has 0 spiro atoms. The van der Waals surface area contributed by atoms with E-state index >= 15 is 0 Å². The molecule has 0 saturated heterocycles. The maximum atomic E-state index is 13.1. The number of nitrogens with one attached hydrogen (secondary N) is 1. The highest BCUT2D eigenvalue weighted by molar-refractivity contribution is 7.98. The van der Waals surface area contributed by atoms with Crippen LogP contribution in [0.15, 0.2) is 76.5 Å². The summed E-state index contributed by atoms with van der Waals surface area (Å²) in [4.78, 5) is 24.1. The number of halogens is 1. The second-order valence-electron chi connectivity index (χ2n) is 6.77. The van der Waals surface area contributed by atoms with Crippen LogP contribution in [0.4, 0.5) is 17.1 Å². The molecule has 0 aliphatic heterocycles. The standard InChI is InChI=1S/C22H20ClN3O5S2/c1-3-25(33(30,31)19-11-9-18(32-2)10-12-19)16-6-4-15(5-7-16)22(27)24-21-14-17(26(28)29)8-13-20(21)23/h4-14H,3H2,1-2H3,(H,24,27). The van der Waals surface area contributed by atoms with Crippen molar-refractivity contribution >= 4 is 56.4 Å². The van der Waals surface area contributed by atoms with Crippen LogP contribution in [-0.2, 0) is 10.0 Å². The molecule has 1 amide bonds. The van der Waals surface area contributed by atoms with E-state index in [4.69, 9.17) is 11.6 Å². The topological polar surface area (TPSA) is 110 Å². The van der Waals surface area contributed by atoms with E-state index < -0.39 is 20.9 Å². The first-order chi connectivity index (χ1) is 15.7. The third-order valence-corrected chi connectivity index (χ3v) is 7.75. The van der Waals surface area contributed by atoms with Gasteiger partial charge in [0.25, 0.3) is 21.6 Å². The Morgan fingerprint density at radius 3 is 2.27 bits per heavy atom. The van der Waals surface area contributed by atoms with Crippen LogP contribution in [0, 0.1) is 10.1 Å². The summed E-state index contributed by atoms with van der Waals surface area (Å²) in [6, 6.07) is 16.4. The van der Waals surface area contributed by atoms with E-state index in [1.807, 2.05) is 6.26 Å². The molecule has 3 rings (SSSR count). The predicted molar refractivity (Wildman–Crippen MR) is 131 cm³/mol. The number of rotatable bonds is 8. The molecular formula is C22H20ClN3O5S2. The number of amides is 1. The predicted octanol–water partition coefficient (Wildman–Crippen LogP) is 5.44. The second-order valence-corrected chi connectivity index (χ2v) is 9.92. The van der Waals surface area contributed by atoms with Crippen LogP contribution in [-0.4, -0.2) is 32.0 Å². The number of nitro groups is 1. The van der Waals surface area contributed by atoms with E-state index in [1.54, 1.807) is 31.2 Å². The van der Waals surface area contributed by atoms with Gasteiger partial charge < -0.3 is 5.32 Å². The molecule has 0 atom stereocenters. The molecule has 3 aromatic carbocycles. The molecule has 0 saturated carbocycles. The lowest BCUT2D eigenvalue weighted by atomic mass is 10.2. The molecule has 0 aliphatic rings. The normalized spacial score (nSPS) is 11.1. The number of benzene rings is 3. The van der Waals surface area contributed by atoms with Gasteiger partial charge in [0.05, 0.1) is 26.2 Å². The summed E-state index contributed by atoms with van der Waals surface area (Å²) in [7, 11) is -3.79. The summed E-state index contributed by atoms with van der Waals surface area (Å²) < 4.78 is 27.5. The van der Waals surface area contributed by atoms with Crippen molar-refractivity contribution in [3.8, 4) is 0 Å². The molecule has 1 N–H and O–H groups in total. The molecule has 3 aromatic rings. The van der Waals surface area contributed by atoms with Crippen LogP contribution in [0.3, 0.4) is 0 Å². The van der Waals surface area contributed by atoms with E-state index in [1.165, 1.54) is 58.5 Å². The Morgan fingerprint density at radius 2 is 1.73 bits per heavy atom. The summed E-state index contributed by atoms with van der Waals surface area (Å²) in [6.07, 6.45) is 1.91. The fourth-order valence-corrected chi connectivity index (χ4v) is 5.11. The molecular weight excluding hydrogens is 486 g/mol. The summed E-state index contributed by atoms with van der Waals surface area (Å²) in [5.41, 5.74) is 0.529. The second kappa shape index (κ2) is 10.2. The van der Waals surface area contributed by atoms with Gasteiger partial charge in [0.2, 0.25) is 0 Å². The number of carbonyl (C=O) groups is 1. The van der Waals surface area contributed by atoms with Crippen LogP contribution in [0.5, 0.6) is 0 Å². The quantitative estimate of drug-likeness (QED) is 0.248. The maximum Gasteiger partial charge on any atom is 0.271 e. The molecule has 0 aliphatic carbocycles. The van der Waals surface area contributed by atoms with Gasteiger partial charge >= 0.3 is 0 Å². The van der Waals surface area contributed by atoms with Crippen LogP contribution in [0.25, 0.3) is 0 Å². The number of sulfonamides is 1. The zero-order valence-corrected chi connectivity index (χ0v) is 20.1. The average Bonchev–Trinajstić information content (AvgIpc) is 2.81. The lowest BCUT2D eigenvalue weighted by Gasteiger charge is -2.23. The van der Waals surface area contributed by atoms with E-state index in [9.17, 15) is 23.3 Å². The Bertz CT molecular complexity index is 1280. The largest absolute Gasteiger partial charge is 0.320 e. The molecule has 172 valence electrons. The smallest absolute Gasteiger partial charge is 0.271 e. The molecule has 0 heterocycles. The molecule has 0 radical (unpaired) electrons. The lowest BCUT2D eigenvalue weighted by molar-refractivity contribution is -0.384. The van der Waals surface area contributed by atoms with Gasteiger partial charge in [-0.05, 0) is 67.8 Å². The van der Waals surface area contributed by atoms with Crippen LogP contribution in [0.2, 0.25) is 5.02 Å². The van der Waals surface area contributed by atoms with Gasteiger partial charge in [-0.1, -0.05) is 11.6 Å². The van der Waals surface area contributed by atoms with E-state index in [0.29, 0.717) is 5.69 Å². The van der Waals surface area contributed by atoms with E-state index in [2.05, 4.69) is 5.32 Å². The summed E-state index contributed by atoms with van der Waals surface area (Å²) in [5.74, 6) is -0.539. The van der Waals surface area contributed by atoms with Gasteiger partial charge in [0.1, 0.15) is 0 Å². The SMILES string of the molecule is CCN(c1ccc(C(=O)Nc2cc([N+](=O)[O-])ccc2Cl)cc1)S(=O)(=O)c1ccc(SC)cc1. The third kappa shape index (κ3) is 5.47. The molecule has 0 bridgehead atoms. The number of non-ortho nitro benzene ring substituents is 1. The Morgan fingerprint density at radius 1 is 1.09 bits per heavy atom. The molecule has 8 nitrogen and oxygen atoms in total. The van der Waals surface area contributed by atoms with Crippen molar-refractivity contribution in [2.45, 2.75) is 16.7 Å². The van der Waals surface area contributed by atoms with Crippen molar-refractivity contribution in [2.24, 2.45) is 0 Å². The van der Waals surface area contributed by atoms with Crippen LogP contribution >= 0.6 is 23.4 Å². The number of carbonyl (C=O) groups excluding carboxylic acids is 1. The Kier molecular flexibility index (Phi) is 7.62. The van der Waals surface area contributed by atoms with Gasteiger partial charge in [0.15, 0.2) is 0 Å². The number of anilines is 2. The van der Waals surface area contributed by atoms with Crippen molar-refractivity contribution in [3.05, 3.63) is 87.4 Å². The molecule has 0 aromatic heterocycles. The van der Waals surface area contributed by atoms with Gasteiger partial charge in [0, 0.05) is 29.1 Å². The van der Waals surface area contributed by atoms with Crippen LogP contribution in [0.1, 0.15) is 17.3 Å². The first kappa shape index (κ1) is 24.6. The maximum absolute atomic E-state index is 13.1. The molecule has 33 heavy (non-hydrogen) atoms. The monoisotopic (exact) mass is 505 g/mol. The summed E-state index contributed by atoms with van der Waals surface area (Å²) in [6.45, 7) is 1.92. The van der Waals surface area contributed by atoms with Gasteiger partial charge in [-0.25, -0.2) is 8.42 Å². The van der Waals surface area contributed by atoms with Crippen molar-refractivity contribution in [3.63, 3.8) is 0 Å².